The minimum atomic E-state index is -0.437. The summed E-state index contributed by atoms with van der Waals surface area (Å²) in [5.41, 5.74) is 2.72. The molecule has 2 aromatic rings. The number of hydrogen-bond acceptors (Lipinski definition) is 3. The summed E-state index contributed by atoms with van der Waals surface area (Å²) in [5, 5.41) is 5.43. The first-order chi connectivity index (χ1) is 11.6. The summed E-state index contributed by atoms with van der Waals surface area (Å²) in [5.74, 6) is -0.693. The van der Waals surface area contributed by atoms with Crippen molar-refractivity contribution in [2.75, 3.05) is 10.6 Å². The summed E-state index contributed by atoms with van der Waals surface area (Å²) >= 11 is 1.45. The number of fused-ring (bicyclic) bond motifs is 1. The van der Waals surface area contributed by atoms with E-state index < -0.39 is 11.2 Å². The lowest BCUT2D eigenvalue weighted by molar-refractivity contribution is -0.123. The maximum atomic E-state index is 12.6. The van der Waals surface area contributed by atoms with E-state index in [0.717, 1.165) is 28.3 Å². The largest absolute Gasteiger partial charge is 0.326 e. The average Bonchev–Trinajstić information content (AvgIpc) is 2.61. The molecular formula is C19H20N2O2S. The normalized spacial score (nSPS) is 17.6. The number of benzene rings is 2. The molecule has 0 saturated heterocycles. The van der Waals surface area contributed by atoms with Crippen molar-refractivity contribution in [3.8, 4) is 0 Å². The molecule has 0 saturated carbocycles. The highest BCUT2D eigenvalue weighted by Crippen LogP contribution is 2.38. The van der Waals surface area contributed by atoms with Crippen LogP contribution in [0.4, 0.5) is 11.4 Å². The maximum absolute atomic E-state index is 12.6. The Hall–Kier alpha value is -2.27. The third kappa shape index (κ3) is 3.31. The van der Waals surface area contributed by atoms with Crippen LogP contribution in [0.1, 0.15) is 19.4 Å². The molecular weight excluding hydrogens is 320 g/mol. The first-order valence-corrected chi connectivity index (χ1v) is 8.93. The van der Waals surface area contributed by atoms with Crippen molar-refractivity contribution in [2.24, 2.45) is 5.92 Å². The van der Waals surface area contributed by atoms with E-state index in [1.165, 1.54) is 11.8 Å². The van der Waals surface area contributed by atoms with Crippen LogP contribution in [-0.2, 0) is 16.0 Å². The Balaban J connectivity index is 1.75. The van der Waals surface area contributed by atoms with Gasteiger partial charge in [0.05, 0.1) is 16.9 Å². The average molecular weight is 340 g/mol. The summed E-state index contributed by atoms with van der Waals surface area (Å²) in [6.45, 7) is 3.85. The summed E-state index contributed by atoms with van der Waals surface area (Å²) in [6, 6.07) is 15.4. The molecule has 3 rings (SSSR count). The van der Waals surface area contributed by atoms with Gasteiger partial charge in [-0.3, -0.25) is 9.59 Å². The van der Waals surface area contributed by atoms with Gasteiger partial charge in [-0.25, -0.2) is 0 Å². The van der Waals surface area contributed by atoms with Gasteiger partial charge in [-0.1, -0.05) is 44.2 Å². The van der Waals surface area contributed by atoms with Crippen LogP contribution >= 0.6 is 11.8 Å². The Kier molecular flexibility index (Phi) is 4.90. The second-order valence-corrected chi connectivity index (χ2v) is 7.00. The van der Waals surface area contributed by atoms with Gasteiger partial charge in [-0.05, 0) is 30.2 Å². The Morgan fingerprint density at radius 1 is 1.21 bits per heavy atom. The smallest absolute Gasteiger partial charge is 0.238 e. The topological polar surface area (TPSA) is 58.2 Å². The molecule has 2 atom stereocenters. The van der Waals surface area contributed by atoms with Crippen LogP contribution in [0.25, 0.3) is 0 Å². The molecule has 5 heteroatoms. The van der Waals surface area contributed by atoms with E-state index in [1.54, 1.807) is 6.92 Å². The van der Waals surface area contributed by atoms with Crippen molar-refractivity contribution in [1.82, 2.24) is 0 Å². The van der Waals surface area contributed by atoms with Crippen LogP contribution in [0, 0.1) is 5.92 Å². The molecule has 2 amide bonds. The zero-order chi connectivity index (χ0) is 17.1. The second kappa shape index (κ2) is 7.09. The highest BCUT2D eigenvalue weighted by Gasteiger charge is 2.35. The molecule has 0 aliphatic carbocycles. The first kappa shape index (κ1) is 16.6. The molecule has 1 aliphatic rings. The molecule has 1 aliphatic heterocycles. The van der Waals surface area contributed by atoms with Crippen molar-refractivity contribution in [2.45, 2.75) is 30.4 Å². The van der Waals surface area contributed by atoms with Crippen molar-refractivity contribution < 1.29 is 9.59 Å². The van der Waals surface area contributed by atoms with Gasteiger partial charge < -0.3 is 10.6 Å². The molecule has 0 fully saturated rings. The van der Waals surface area contributed by atoms with Gasteiger partial charge in [-0.2, -0.15) is 0 Å². The highest BCUT2D eigenvalue weighted by molar-refractivity contribution is 8.01. The lowest BCUT2D eigenvalue weighted by atomic mass is 10.0. The second-order valence-electron chi connectivity index (χ2n) is 5.81. The maximum Gasteiger partial charge on any atom is 0.238 e. The van der Waals surface area contributed by atoms with Crippen molar-refractivity contribution in [3.63, 3.8) is 0 Å². The van der Waals surface area contributed by atoms with E-state index in [-0.39, 0.29) is 11.8 Å². The number of amides is 2. The number of thioether (sulfide) groups is 1. The van der Waals surface area contributed by atoms with Gasteiger partial charge in [-0.15, -0.1) is 11.8 Å². The summed E-state index contributed by atoms with van der Waals surface area (Å²) < 4.78 is 0. The minimum absolute atomic E-state index is 0.120. The quantitative estimate of drug-likeness (QED) is 0.886. The number of para-hydroxylation sites is 2. The van der Waals surface area contributed by atoms with Gasteiger partial charge in [0.25, 0.3) is 0 Å². The summed E-state index contributed by atoms with van der Waals surface area (Å²) in [7, 11) is 0. The Labute approximate surface area is 146 Å². The number of hydrogen-bond donors (Lipinski definition) is 2. The van der Waals surface area contributed by atoms with Gasteiger partial charge >= 0.3 is 0 Å². The van der Waals surface area contributed by atoms with Crippen LogP contribution in [0.3, 0.4) is 0 Å². The van der Waals surface area contributed by atoms with Gasteiger partial charge in [0.2, 0.25) is 11.8 Å². The number of anilines is 2. The molecule has 2 N–H and O–H groups in total. The van der Waals surface area contributed by atoms with Crippen LogP contribution in [0.15, 0.2) is 53.4 Å². The standard InChI is InChI=1S/C19H20N2O2S/c1-3-13-8-4-5-9-14(13)20-18(22)12(2)17-19(23)21-15-10-6-7-11-16(15)24-17/h4-12,17H,3H2,1-2H3,(H,20,22)(H,21,23). The van der Waals surface area contributed by atoms with Gasteiger partial charge in [0, 0.05) is 10.6 Å². The Morgan fingerprint density at radius 3 is 2.71 bits per heavy atom. The summed E-state index contributed by atoms with van der Waals surface area (Å²) in [4.78, 5) is 26.0. The van der Waals surface area contributed by atoms with Crippen LogP contribution in [0.2, 0.25) is 0 Å². The molecule has 0 radical (unpaired) electrons. The fraction of sp³-hybridized carbons (Fsp3) is 0.263. The molecule has 4 nitrogen and oxygen atoms in total. The van der Waals surface area contributed by atoms with E-state index in [2.05, 4.69) is 17.6 Å². The van der Waals surface area contributed by atoms with E-state index in [0.29, 0.717) is 0 Å². The summed E-state index contributed by atoms with van der Waals surface area (Å²) in [6.07, 6.45) is 0.844. The molecule has 2 aromatic carbocycles. The van der Waals surface area contributed by atoms with Crippen LogP contribution in [-0.4, -0.2) is 17.1 Å². The number of carbonyl (C=O) groups excluding carboxylic acids is 2. The lowest BCUT2D eigenvalue weighted by Crippen LogP contribution is -2.39. The monoisotopic (exact) mass is 340 g/mol. The zero-order valence-corrected chi connectivity index (χ0v) is 14.5. The van der Waals surface area contributed by atoms with Crippen molar-refractivity contribution in [3.05, 3.63) is 54.1 Å². The fourth-order valence-corrected chi connectivity index (χ4v) is 3.90. The number of carbonyl (C=O) groups is 2. The predicted molar refractivity (Wildman–Crippen MR) is 98.3 cm³/mol. The molecule has 24 heavy (non-hydrogen) atoms. The predicted octanol–water partition coefficient (Wildman–Crippen LogP) is 3.94. The van der Waals surface area contributed by atoms with Crippen LogP contribution < -0.4 is 10.6 Å². The lowest BCUT2D eigenvalue weighted by Gasteiger charge is -2.27. The molecule has 0 spiro atoms. The van der Waals surface area contributed by atoms with Gasteiger partial charge in [0.15, 0.2) is 0 Å². The highest BCUT2D eigenvalue weighted by atomic mass is 32.2. The number of nitrogens with one attached hydrogen (secondary N) is 2. The molecule has 124 valence electrons. The van der Waals surface area contributed by atoms with E-state index in [1.807, 2.05) is 48.5 Å². The van der Waals surface area contributed by atoms with E-state index in [4.69, 9.17) is 0 Å². The van der Waals surface area contributed by atoms with E-state index >= 15 is 0 Å². The Bertz CT molecular complexity index is 775. The third-order valence-corrected chi connectivity index (χ3v) is 5.67. The van der Waals surface area contributed by atoms with Crippen molar-refractivity contribution in [1.29, 1.82) is 0 Å². The molecule has 1 heterocycles. The van der Waals surface area contributed by atoms with Crippen LogP contribution in [0.5, 0.6) is 0 Å². The minimum Gasteiger partial charge on any atom is -0.326 e. The van der Waals surface area contributed by atoms with Crippen molar-refractivity contribution >= 4 is 35.0 Å². The number of aryl methyl sites for hydroxylation is 1. The van der Waals surface area contributed by atoms with E-state index in [9.17, 15) is 9.59 Å². The molecule has 0 aromatic heterocycles. The third-order valence-electron chi connectivity index (χ3n) is 4.18. The SMILES string of the molecule is CCc1ccccc1NC(=O)C(C)C1Sc2ccccc2NC1=O. The Morgan fingerprint density at radius 2 is 1.92 bits per heavy atom. The molecule has 2 unspecified atom stereocenters. The number of rotatable bonds is 4. The fourth-order valence-electron chi connectivity index (χ4n) is 2.73. The molecule has 0 bridgehead atoms. The van der Waals surface area contributed by atoms with Gasteiger partial charge in [0.1, 0.15) is 0 Å². The zero-order valence-electron chi connectivity index (χ0n) is 13.7. The first-order valence-electron chi connectivity index (χ1n) is 8.05.